The van der Waals surface area contributed by atoms with Gasteiger partial charge in [-0.3, -0.25) is 9.59 Å². The monoisotopic (exact) mass is 348 g/mol. The number of amides is 2. The summed E-state index contributed by atoms with van der Waals surface area (Å²) < 4.78 is 18.6. The van der Waals surface area contributed by atoms with Gasteiger partial charge in [-0.15, -0.1) is 0 Å². The quantitative estimate of drug-likeness (QED) is 0.844. The first-order chi connectivity index (χ1) is 11.9. The molecule has 0 aliphatic carbocycles. The second-order valence-electron chi connectivity index (χ2n) is 7.13. The zero-order valence-corrected chi connectivity index (χ0v) is 15.0. The fraction of sp³-hybridized carbons (Fsp3) is 0.579. The lowest BCUT2D eigenvalue weighted by Crippen LogP contribution is -2.62. The van der Waals surface area contributed by atoms with Crippen LogP contribution in [0.4, 0.5) is 4.39 Å². The van der Waals surface area contributed by atoms with Crippen molar-refractivity contribution in [3.63, 3.8) is 0 Å². The van der Waals surface area contributed by atoms with Crippen molar-refractivity contribution < 1.29 is 18.7 Å². The molecule has 2 heterocycles. The minimum Gasteiger partial charge on any atom is -0.496 e. The van der Waals surface area contributed by atoms with E-state index in [2.05, 4.69) is 0 Å². The summed E-state index contributed by atoms with van der Waals surface area (Å²) >= 11 is 0. The number of halogens is 1. The van der Waals surface area contributed by atoms with Crippen molar-refractivity contribution in [3.8, 4) is 5.75 Å². The van der Waals surface area contributed by atoms with Crippen molar-refractivity contribution >= 4 is 11.8 Å². The van der Waals surface area contributed by atoms with Crippen molar-refractivity contribution in [2.45, 2.75) is 51.1 Å². The highest BCUT2D eigenvalue weighted by atomic mass is 19.1. The molecule has 0 radical (unpaired) electrons. The van der Waals surface area contributed by atoms with Crippen molar-refractivity contribution in [2.24, 2.45) is 0 Å². The lowest BCUT2D eigenvalue weighted by Gasteiger charge is -2.46. The Bertz CT molecular complexity index is 691. The van der Waals surface area contributed by atoms with Gasteiger partial charge in [-0.1, -0.05) is 0 Å². The summed E-state index contributed by atoms with van der Waals surface area (Å²) in [7, 11) is 1.41. The molecule has 2 amide bonds. The Kier molecular flexibility index (Phi) is 4.71. The zero-order chi connectivity index (χ0) is 18.2. The van der Waals surface area contributed by atoms with Gasteiger partial charge >= 0.3 is 0 Å². The number of hydrogen-bond donors (Lipinski definition) is 0. The molecule has 0 bridgehead atoms. The predicted molar refractivity (Wildman–Crippen MR) is 92.0 cm³/mol. The summed E-state index contributed by atoms with van der Waals surface area (Å²) in [5, 5.41) is 0. The number of benzene rings is 1. The van der Waals surface area contributed by atoms with Gasteiger partial charge in [0.2, 0.25) is 5.91 Å². The summed E-state index contributed by atoms with van der Waals surface area (Å²) in [5.41, 5.74) is -0.460. The first-order valence-corrected chi connectivity index (χ1v) is 8.87. The second-order valence-corrected chi connectivity index (χ2v) is 7.13. The molecule has 136 valence electrons. The molecule has 1 spiro atoms. The van der Waals surface area contributed by atoms with Gasteiger partial charge in [0.15, 0.2) is 0 Å². The molecule has 2 aliphatic rings. The number of carbonyl (C=O) groups excluding carboxylic acids is 2. The molecule has 2 fully saturated rings. The molecule has 3 rings (SSSR count). The van der Waals surface area contributed by atoms with Gasteiger partial charge in [-0.25, -0.2) is 4.39 Å². The van der Waals surface area contributed by atoms with Crippen LogP contribution in [0.25, 0.3) is 0 Å². The van der Waals surface area contributed by atoms with Gasteiger partial charge in [0.05, 0.1) is 12.7 Å². The minimum atomic E-state index is -0.765. The molecule has 1 unspecified atom stereocenters. The van der Waals surface area contributed by atoms with Gasteiger partial charge in [0.1, 0.15) is 17.1 Å². The maximum Gasteiger partial charge on any atom is 0.258 e. The maximum absolute atomic E-state index is 13.5. The Morgan fingerprint density at radius 1 is 1.24 bits per heavy atom. The molecule has 5 nitrogen and oxygen atoms in total. The van der Waals surface area contributed by atoms with Crippen LogP contribution in [0.3, 0.4) is 0 Å². The largest absolute Gasteiger partial charge is 0.496 e. The van der Waals surface area contributed by atoms with Crippen LogP contribution in [0.5, 0.6) is 5.75 Å². The third kappa shape index (κ3) is 2.87. The minimum absolute atomic E-state index is 0.0423. The summed E-state index contributed by atoms with van der Waals surface area (Å²) in [6.07, 6.45) is 3.05. The summed E-state index contributed by atoms with van der Waals surface area (Å²) in [6, 6.07) is 4.01. The number of nitrogens with zero attached hydrogens (tertiary/aromatic N) is 2. The van der Waals surface area contributed by atoms with E-state index < -0.39 is 11.4 Å². The van der Waals surface area contributed by atoms with Gasteiger partial charge in [0.25, 0.3) is 5.91 Å². The van der Waals surface area contributed by atoms with Gasteiger partial charge < -0.3 is 14.5 Å². The number of carbonyl (C=O) groups is 2. The normalized spacial score (nSPS) is 23.6. The number of hydrogen-bond acceptors (Lipinski definition) is 3. The Labute approximate surface area is 147 Å². The van der Waals surface area contributed by atoms with E-state index in [1.165, 1.54) is 25.3 Å². The average molecular weight is 348 g/mol. The Balaban J connectivity index is 1.96. The third-order valence-electron chi connectivity index (χ3n) is 5.40. The Morgan fingerprint density at radius 2 is 1.92 bits per heavy atom. The molecule has 6 heteroatoms. The first-order valence-electron chi connectivity index (χ1n) is 8.87. The van der Waals surface area contributed by atoms with Crippen molar-refractivity contribution in [1.29, 1.82) is 0 Å². The van der Waals surface area contributed by atoms with Crippen LogP contribution in [0.2, 0.25) is 0 Å². The SMILES string of the molecule is COc1cc(F)ccc1C(=O)N1CCCC12CCCN(C(C)C)C2=O. The first kappa shape index (κ1) is 17.7. The standard InChI is InChI=1S/C19H25FN2O3/c1-13(2)21-10-4-8-19(18(21)24)9-5-11-22(19)17(23)15-7-6-14(20)12-16(15)25-3/h6-7,12-13H,4-5,8-11H2,1-3H3. The maximum atomic E-state index is 13.5. The number of methoxy groups -OCH3 is 1. The van der Waals surface area contributed by atoms with Crippen LogP contribution in [0.15, 0.2) is 18.2 Å². The van der Waals surface area contributed by atoms with E-state index in [-0.39, 0.29) is 23.6 Å². The highest BCUT2D eigenvalue weighted by Crippen LogP contribution is 2.40. The van der Waals surface area contributed by atoms with E-state index in [0.29, 0.717) is 24.9 Å². The van der Waals surface area contributed by atoms with Crippen LogP contribution in [0.1, 0.15) is 49.9 Å². The molecule has 2 aliphatic heterocycles. The number of rotatable bonds is 3. The summed E-state index contributed by atoms with van der Waals surface area (Å²) in [4.78, 5) is 29.9. The Hall–Kier alpha value is -2.11. The van der Waals surface area contributed by atoms with Gasteiger partial charge in [0, 0.05) is 25.2 Å². The average Bonchev–Trinajstić information content (AvgIpc) is 3.01. The lowest BCUT2D eigenvalue weighted by atomic mass is 9.84. The molecule has 25 heavy (non-hydrogen) atoms. The lowest BCUT2D eigenvalue weighted by molar-refractivity contribution is -0.147. The van der Waals surface area contributed by atoms with Crippen molar-refractivity contribution in [3.05, 3.63) is 29.6 Å². The van der Waals surface area contributed by atoms with Crippen LogP contribution < -0.4 is 4.74 Å². The van der Waals surface area contributed by atoms with Crippen LogP contribution in [0, 0.1) is 5.82 Å². The van der Waals surface area contributed by atoms with E-state index in [4.69, 9.17) is 4.74 Å². The Morgan fingerprint density at radius 3 is 2.56 bits per heavy atom. The van der Waals surface area contributed by atoms with E-state index in [1.807, 2.05) is 18.7 Å². The molecule has 1 aromatic rings. The van der Waals surface area contributed by atoms with E-state index in [9.17, 15) is 14.0 Å². The summed E-state index contributed by atoms with van der Waals surface area (Å²) in [6.45, 7) is 5.28. The van der Waals surface area contributed by atoms with Crippen molar-refractivity contribution in [2.75, 3.05) is 20.2 Å². The zero-order valence-electron chi connectivity index (χ0n) is 15.0. The summed E-state index contributed by atoms with van der Waals surface area (Å²) in [5.74, 6) is -0.464. The molecule has 0 saturated carbocycles. The smallest absolute Gasteiger partial charge is 0.258 e. The second kappa shape index (κ2) is 6.65. The molecule has 1 atom stereocenters. The molecule has 1 aromatic carbocycles. The highest BCUT2D eigenvalue weighted by molar-refractivity contribution is 6.01. The number of likely N-dealkylation sites (tertiary alicyclic amines) is 2. The molecular formula is C19H25FN2O3. The third-order valence-corrected chi connectivity index (χ3v) is 5.40. The fourth-order valence-electron chi connectivity index (χ4n) is 4.15. The predicted octanol–water partition coefficient (Wildman–Crippen LogP) is 2.84. The van der Waals surface area contributed by atoms with Gasteiger partial charge in [-0.05, 0) is 51.7 Å². The molecular weight excluding hydrogens is 323 g/mol. The fourth-order valence-corrected chi connectivity index (χ4v) is 4.15. The van der Waals surface area contributed by atoms with Crippen LogP contribution in [-0.4, -0.2) is 53.4 Å². The molecule has 0 aromatic heterocycles. The van der Waals surface area contributed by atoms with Crippen molar-refractivity contribution in [1.82, 2.24) is 9.80 Å². The molecule has 2 saturated heterocycles. The van der Waals surface area contributed by atoms with E-state index in [0.717, 1.165) is 19.4 Å². The van der Waals surface area contributed by atoms with Gasteiger partial charge in [-0.2, -0.15) is 0 Å². The van der Waals surface area contributed by atoms with Crippen LogP contribution >= 0.6 is 0 Å². The number of ether oxygens (including phenoxy) is 1. The number of piperidine rings is 1. The van der Waals surface area contributed by atoms with E-state index in [1.54, 1.807) is 4.90 Å². The van der Waals surface area contributed by atoms with E-state index >= 15 is 0 Å². The topological polar surface area (TPSA) is 49.9 Å². The highest BCUT2D eigenvalue weighted by Gasteiger charge is 2.53. The van der Waals surface area contributed by atoms with Crippen LogP contribution in [-0.2, 0) is 4.79 Å². The molecule has 0 N–H and O–H groups in total.